The number of anilines is 1. The van der Waals surface area contributed by atoms with Crippen LogP contribution in [0.15, 0.2) is 0 Å². The quantitative estimate of drug-likeness (QED) is 0.601. The third kappa shape index (κ3) is 3.60. The van der Waals surface area contributed by atoms with Crippen molar-refractivity contribution in [3.8, 4) is 0 Å². The van der Waals surface area contributed by atoms with E-state index in [0.717, 1.165) is 37.7 Å². The number of hydrazine groups is 1. The summed E-state index contributed by atoms with van der Waals surface area (Å²) >= 11 is 1.50. The Bertz CT molecular complexity index is 343. The lowest BCUT2D eigenvalue weighted by atomic mass is 10.1. The lowest BCUT2D eigenvalue weighted by molar-refractivity contribution is 0.00357. The lowest BCUT2D eigenvalue weighted by Gasteiger charge is -2.31. The van der Waals surface area contributed by atoms with Crippen LogP contribution in [0, 0.1) is 0 Å². The molecule has 1 aliphatic rings. The van der Waals surface area contributed by atoms with E-state index in [0.29, 0.717) is 11.2 Å². The predicted molar refractivity (Wildman–Crippen MR) is 67.6 cm³/mol. The van der Waals surface area contributed by atoms with Gasteiger partial charge in [0.1, 0.15) is 5.01 Å². The average molecular weight is 257 g/mol. The number of hydrogen-bond acceptors (Lipinski definition) is 7. The van der Waals surface area contributed by atoms with Gasteiger partial charge in [-0.1, -0.05) is 11.3 Å². The highest BCUT2D eigenvalue weighted by molar-refractivity contribution is 7.15. The monoisotopic (exact) mass is 257 g/mol. The van der Waals surface area contributed by atoms with E-state index >= 15 is 0 Å². The molecule has 1 fully saturated rings. The summed E-state index contributed by atoms with van der Waals surface area (Å²) < 4.78 is 5.67. The number of ether oxygens (including phenoxy) is 1. The summed E-state index contributed by atoms with van der Waals surface area (Å²) in [5, 5.41) is 9.69. The van der Waals surface area contributed by atoms with Gasteiger partial charge in [-0.2, -0.15) is 0 Å². The Morgan fingerprint density at radius 1 is 1.59 bits per heavy atom. The number of likely N-dealkylation sites (tertiary alicyclic amines) is 1. The molecular formula is C10H19N5OS. The topological polar surface area (TPSA) is 76.3 Å². The second-order valence-corrected chi connectivity index (χ2v) is 5.16. The van der Waals surface area contributed by atoms with Gasteiger partial charge in [0.05, 0.1) is 12.6 Å². The minimum Gasteiger partial charge on any atom is -0.377 e. The Morgan fingerprint density at radius 3 is 3.18 bits per heavy atom. The Labute approximate surface area is 105 Å². The summed E-state index contributed by atoms with van der Waals surface area (Å²) in [5.74, 6) is 5.28. The van der Waals surface area contributed by atoms with Crippen molar-refractivity contribution in [2.45, 2.75) is 32.4 Å². The molecule has 96 valence electrons. The zero-order valence-corrected chi connectivity index (χ0v) is 10.9. The molecule has 0 bridgehead atoms. The van der Waals surface area contributed by atoms with Crippen molar-refractivity contribution in [2.75, 3.05) is 25.1 Å². The molecular weight excluding hydrogens is 238 g/mol. The molecule has 1 aromatic heterocycles. The maximum absolute atomic E-state index is 5.67. The summed E-state index contributed by atoms with van der Waals surface area (Å²) in [6.45, 7) is 5.76. The van der Waals surface area contributed by atoms with Crippen molar-refractivity contribution < 1.29 is 4.74 Å². The molecule has 0 aromatic carbocycles. The first-order valence-electron chi connectivity index (χ1n) is 5.94. The maximum atomic E-state index is 5.67. The fourth-order valence-electron chi connectivity index (χ4n) is 2.10. The zero-order chi connectivity index (χ0) is 12.1. The fraction of sp³-hybridized carbons (Fsp3) is 0.800. The summed E-state index contributed by atoms with van der Waals surface area (Å²) in [5.41, 5.74) is 2.52. The van der Waals surface area contributed by atoms with Crippen molar-refractivity contribution in [1.82, 2.24) is 15.1 Å². The van der Waals surface area contributed by atoms with Gasteiger partial charge in [-0.25, -0.2) is 5.84 Å². The van der Waals surface area contributed by atoms with Crippen LogP contribution in [0.3, 0.4) is 0 Å². The van der Waals surface area contributed by atoms with Crippen LogP contribution in [-0.4, -0.2) is 40.9 Å². The molecule has 1 atom stereocenters. The van der Waals surface area contributed by atoms with Crippen molar-refractivity contribution >= 4 is 16.5 Å². The third-order valence-corrected chi connectivity index (χ3v) is 3.65. The number of rotatable bonds is 5. The van der Waals surface area contributed by atoms with E-state index in [4.69, 9.17) is 10.6 Å². The van der Waals surface area contributed by atoms with Crippen LogP contribution in [0.1, 0.15) is 24.8 Å². The second-order valence-electron chi connectivity index (χ2n) is 4.10. The molecule has 1 aromatic rings. The van der Waals surface area contributed by atoms with Gasteiger partial charge in [-0.3, -0.25) is 10.3 Å². The number of nitrogens with zero attached hydrogens (tertiary/aromatic N) is 3. The number of aromatic nitrogens is 2. The smallest absolute Gasteiger partial charge is 0.219 e. The van der Waals surface area contributed by atoms with Crippen molar-refractivity contribution in [2.24, 2.45) is 5.84 Å². The van der Waals surface area contributed by atoms with Crippen LogP contribution >= 0.6 is 11.3 Å². The molecule has 17 heavy (non-hydrogen) atoms. The normalized spacial score (nSPS) is 21.6. The van der Waals surface area contributed by atoms with Crippen LogP contribution in [0.25, 0.3) is 0 Å². The van der Waals surface area contributed by atoms with Gasteiger partial charge >= 0.3 is 0 Å². The predicted octanol–water partition coefficient (Wildman–Crippen LogP) is 0.825. The van der Waals surface area contributed by atoms with Gasteiger partial charge in [-0.05, 0) is 26.3 Å². The molecule has 2 rings (SSSR count). The van der Waals surface area contributed by atoms with Gasteiger partial charge in [0.25, 0.3) is 0 Å². The van der Waals surface area contributed by atoms with Crippen molar-refractivity contribution in [3.05, 3.63) is 5.01 Å². The largest absolute Gasteiger partial charge is 0.377 e. The summed E-state index contributed by atoms with van der Waals surface area (Å²) in [7, 11) is 0. The van der Waals surface area contributed by atoms with Gasteiger partial charge in [0.15, 0.2) is 0 Å². The number of nitrogen functional groups attached to an aromatic ring is 1. The molecule has 1 saturated heterocycles. The average Bonchev–Trinajstić information content (AvgIpc) is 2.78. The van der Waals surface area contributed by atoms with Crippen molar-refractivity contribution in [3.63, 3.8) is 0 Å². The molecule has 1 aliphatic heterocycles. The van der Waals surface area contributed by atoms with E-state index in [1.807, 2.05) is 6.92 Å². The molecule has 0 amide bonds. The second kappa shape index (κ2) is 6.25. The molecule has 6 nitrogen and oxygen atoms in total. The molecule has 7 heteroatoms. The molecule has 0 radical (unpaired) electrons. The number of hydrogen-bond donors (Lipinski definition) is 2. The first-order chi connectivity index (χ1) is 8.31. The van der Waals surface area contributed by atoms with Gasteiger partial charge in [-0.15, -0.1) is 10.2 Å². The van der Waals surface area contributed by atoms with Crippen LogP contribution in [-0.2, 0) is 11.3 Å². The zero-order valence-electron chi connectivity index (χ0n) is 10.1. The fourth-order valence-corrected chi connectivity index (χ4v) is 2.79. The molecule has 1 unspecified atom stereocenters. The van der Waals surface area contributed by atoms with Crippen LogP contribution in [0.2, 0.25) is 0 Å². The third-order valence-electron chi connectivity index (χ3n) is 2.81. The van der Waals surface area contributed by atoms with E-state index in [-0.39, 0.29) is 0 Å². The van der Waals surface area contributed by atoms with Crippen LogP contribution in [0.5, 0.6) is 0 Å². The first-order valence-corrected chi connectivity index (χ1v) is 6.76. The Balaban J connectivity index is 1.85. The standard InChI is InChI=1S/C10H19N5OS/c1-2-16-8-4-3-5-15(6-8)7-9-13-14-10(12-11)17-9/h8H,2-7,11H2,1H3,(H,12,14). The summed E-state index contributed by atoms with van der Waals surface area (Å²) in [6.07, 6.45) is 2.72. The maximum Gasteiger partial charge on any atom is 0.219 e. The molecule has 0 spiro atoms. The first kappa shape index (κ1) is 12.7. The highest BCUT2D eigenvalue weighted by Crippen LogP contribution is 2.19. The van der Waals surface area contributed by atoms with Crippen molar-refractivity contribution in [1.29, 1.82) is 0 Å². The lowest BCUT2D eigenvalue weighted by Crippen LogP contribution is -2.39. The van der Waals surface area contributed by atoms with Crippen LogP contribution in [0.4, 0.5) is 5.13 Å². The minimum absolute atomic E-state index is 0.369. The number of piperidine rings is 1. The Kier molecular flexibility index (Phi) is 4.66. The van der Waals surface area contributed by atoms with Gasteiger partial charge < -0.3 is 4.74 Å². The number of nitrogens with one attached hydrogen (secondary N) is 1. The Morgan fingerprint density at radius 2 is 2.47 bits per heavy atom. The highest BCUT2D eigenvalue weighted by atomic mass is 32.1. The molecule has 0 aliphatic carbocycles. The minimum atomic E-state index is 0.369. The molecule has 0 saturated carbocycles. The van der Waals surface area contributed by atoms with E-state index in [9.17, 15) is 0 Å². The molecule has 2 heterocycles. The highest BCUT2D eigenvalue weighted by Gasteiger charge is 2.21. The summed E-state index contributed by atoms with van der Waals surface area (Å²) in [4.78, 5) is 2.37. The molecule has 3 N–H and O–H groups in total. The van der Waals surface area contributed by atoms with Crippen LogP contribution < -0.4 is 11.3 Å². The number of nitrogens with two attached hydrogens (primary N) is 1. The van der Waals surface area contributed by atoms with Gasteiger partial charge in [0, 0.05) is 13.2 Å². The van der Waals surface area contributed by atoms with Gasteiger partial charge in [0.2, 0.25) is 5.13 Å². The van der Waals surface area contributed by atoms with E-state index < -0.39 is 0 Å². The van der Waals surface area contributed by atoms with E-state index in [2.05, 4.69) is 20.5 Å². The summed E-state index contributed by atoms with van der Waals surface area (Å²) in [6, 6.07) is 0. The Hall–Kier alpha value is -0.760. The SMILES string of the molecule is CCOC1CCCN(Cc2nnc(NN)s2)C1. The van der Waals surface area contributed by atoms with E-state index in [1.165, 1.54) is 17.8 Å². The van der Waals surface area contributed by atoms with E-state index in [1.54, 1.807) is 0 Å².